The van der Waals surface area contributed by atoms with Crippen LogP contribution in [0.3, 0.4) is 0 Å². The molecule has 4 heterocycles. The Hall–Kier alpha value is -5.34. The zero-order valence-electron chi connectivity index (χ0n) is 27.1. The normalized spacial score (nSPS) is 18.3. The van der Waals surface area contributed by atoms with Crippen LogP contribution in [0, 0.1) is 11.6 Å². The van der Waals surface area contributed by atoms with E-state index < -0.39 is 26.3 Å². The number of fused-ring (bicyclic) bond motifs is 1. The third-order valence-corrected chi connectivity index (χ3v) is 11.4. The second-order valence-corrected chi connectivity index (χ2v) is 14.9. The quantitative estimate of drug-likeness (QED) is 0.238. The van der Waals surface area contributed by atoms with Gasteiger partial charge in [0.1, 0.15) is 11.6 Å². The first kappa shape index (κ1) is 33.2. The van der Waals surface area contributed by atoms with Gasteiger partial charge in [0.05, 0.1) is 17.8 Å². The summed E-state index contributed by atoms with van der Waals surface area (Å²) >= 11 is 0. The minimum Gasteiger partial charge on any atom is -0.338 e. The number of H-pyrrole nitrogens is 1. The van der Waals surface area contributed by atoms with Gasteiger partial charge in [-0.3, -0.25) is 19.6 Å². The molecule has 1 fully saturated rings. The van der Waals surface area contributed by atoms with E-state index in [0.29, 0.717) is 57.8 Å². The lowest BCUT2D eigenvalue weighted by Crippen LogP contribution is -2.52. The topological polar surface area (TPSA) is 141 Å². The fourth-order valence-electron chi connectivity index (χ4n) is 6.61. The number of halogens is 2. The number of benzene rings is 3. The van der Waals surface area contributed by atoms with Crippen LogP contribution in [-0.2, 0) is 19.4 Å². The zero-order chi connectivity index (χ0) is 35.0. The molecule has 5 aromatic rings. The Morgan fingerprint density at radius 1 is 0.980 bits per heavy atom. The van der Waals surface area contributed by atoms with Crippen LogP contribution in [0.2, 0.25) is 0 Å². The molecule has 2 aliphatic rings. The van der Waals surface area contributed by atoms with Crippen LogP contribution in [-0.4, -0.2) is 93.9 Å². The fourth-order valence-corrected chi connectivity index (χ4v) is 7.88. The molecule has 2 N–H and O–H groups in total. The van der Waals surface area contributed by atoms with Crippen molar-refractivity contribution in [3.8, 4) is 22.6 Å². The summed E-state index contributed by atoms with van der Waals surface area (Å²) in [4.78, 5) is 38.8. The Kier molecular flexibility index (Phi) is 8.74. The lowest BCUT2D eigenvalue weighted by molar-refractivity contribution is -0.132. The number of aromatic nitrogens is 4. The summed E-state index contributed by atoms with van der Waals surface area (Å²) in [5, 5.41) is 10.7. The molecule has 11 nitrogen and oxygen atoms in total. The molecular weight excluding hydrogens is 665 g/mol. The Bertz CT molecular complexity index is 2240. The number of carbonyl (C=O) groups is 2. The summed E-state index contributed by atoms with van der Waals surface area (Å²) in [6.45, 7) is 0.680. The van der Waals surface area contributed by atoms with Crippen molar-refractivity contribution in [3.05, 3.63) is 102 Å². The third kappa shape index (κ3) is 6.39. The van der Waals surface area contributed by atoms with E-state index in [1.807, 2.05) is 6.08 Å². The Balaban J connectivity index is 1.01. The molecule has 0 aliphatic carbocycles. The van der Waals surface area contributed by atoms with Gasteiger partial charge in [-0.05, 0) is 73.0 Å². The molecule has 256 valence electrons. The average Bonchev–Trinajstić information content (AvgIpc) is 3.74. The van der Waals surface area contributed by atoms with Crippen molar-refractivity contribution in [3.63, 3.8) is 0 Å². The van der Waals surface area contributed by atoms with Gasteiger partial charge in [0.2, 0.25) is 11.8 Å². The number of nitrogens with one attached hydrogen (secondary N) is 2. The number of hydrogen-bond donors (Lipinski definition) is 2. The molecule has 2 amide bonds. The van der Waals surface area contributed by atoms with Crippen molar-refractivity contribution in [2.75, 3.05) is 44.3 Å². The minimum absolute atomic E-state index is 0.0209. The van der Waals surface area contributed by atoms with Gasteiger partial charge in [-0.2, -0.15) is 5.10 Å². The molecule has 1 saturated heterocycles. The van der Waals surface area contributed by atoms with Crippen LogP contribution >= 0.6 is 0 Å². The van der Waals surface area contributed by atoms with Crippen LogP contribution in [0.4, 0.5) is 14.5 Å². The SMILES string of the molecule is CS(=O)(=O)[C@@]1(C(=O)Nc2ccc3[nH]nc(-c4ccc(F)cc4)c3c2)CCN(CC(=O)N2CC=C(c3ccc(-c4ncccn4)cc3F)CC2)C1. The molecule has 0 spiro atoms. The van der Waals surface area contributed by atoms with Gasteiger partial charge in [-0.15, -0.1) is 0 Å². The molecule has 3 aromatic carbocycles. The lowest BCUT2D eigenvalue weighted by Gasteiger charge is -2.29. The second kappa shape index (κ2) is 13.2. The van der Waals surface area contributed by atoms with Crippen molar-refractivity contribution in [2.24, 2.45) is 0 Å². The van der Waals surface area contributed by atoms with Crippen molar-refractivity contribution >= 4 is 43.8 Å². The van der Waals surface area contributed by atoms with Crippen LogP contribution < -0.4 is 5.32 Å². The Morgan fingerprint density at radius 2 is 1.74 bits per heavy atom. The van der Waals surface area contributed by atoms with Gasteiger partial charge in [0, 0.05) is 72.6 Å². The highest BCUT2D eigenvalue weighted by Gasteiger charge is 2.53. The second-order valence-electron chi connectivity index (χ2n) is 12.6. The summed E-state index contributed by atoms with van der Waals surface area (Å²) in [5.41, 5.74) is 4.11. The number of carbonyl (C=O) groups excluding carboxylic acids is 2. The van der Waals surface area contributed by atoms with E-state index in [1.165, 1.54) is 18.2 Å². The molecule has 1 atom stereocenters. The third-order valence-electron chi connectivity index (χ3n) is 9.43. The number of rotatable bonds is 8. The van der Waals surface area contributed by atoms with Gasteiger partial charge < -0.3 is 10.2 Å². The number of aromatic amines is 1. The molecule has 2 aliphatic heterocycles. The maximum absolute atomic E-state index is 15.1. The van der Waals surface area contributed by atoms with Crippen molar-refractivity contribution in [1.29, 1.82) is 0 Å². The highest BCUT2D eigenvalue weighted by atomic mass is 32.2. The predicted molar refractivity (Wildman–Crippen MR) is 185 cm³/mol. The highest BCUT2D eigenvalue weighted by Crippen LogP contribution is 2.34. The standard InChI is InChI=1S/C36H33F2N7O4S/c1-50(48,49)36(35(47)41-27-8-10-31-29(20-27)33(43-42-31)24-3-6-26(37)7-4-24)13-18-44(22-36)21-32(46)45-16-11-23(12-17-45)28-9-5-25(19-30(28)38)34-39-14-2-15-40-34/h2-11,14-15,19-20H,12-13,16-18,21-22H2,1H3,(H,41,47)(H,42,43)/t36-/m0/s1. The van der Waals surface area contributed by atoms with E-state index in [0.717, 1.165) is 11.8 Å². The molecule has 2 aromatic heterocycles. The predicted octanol–water partition coefficient (Wildman–Crippen LogP) is 4.71. The number of hydrogen-bond acceptors (Lipinski definition) is 8. The van der Waals surface area contributed by atoms with E-state index in [4.69, 9.17) is 0 Å². The minimum atomic E-state index is -3.91. The van der Waals surface area contributed by atoms with Gasteiger partial charge in [0.15, 0.2) is 20.4 Å². The highest BCUT2D eigenvalue weighted by molar-refractivity contribution is 7.93. The number of likely N-dealkylation sites (tertiary alicyclic amines) is 1. The molecule has 0 saturated carbocycles. The first-order valence-electron chi connectivity index (χ1n) is 16.0. The molecule has 0 radical (unpaired) electrons. The number of nitrogens with zero attached hydrogens (tertiary/aromatic N) is 5. The van der Waals surface area contributed by atoms with Gasteiger partial charge in [0.25, 0.3) is 0 Å². The maximum Gasteiger partial charge on any atom is 0.247 e. The Morgan fingerprint density at radius 3 is 2.44 bits per heavy atom. The largest absolute Gasteiger partial charge is 0.338 e. The lowest BCUT2D eigenvalue weighted by atomic mass is 9.97. The summed E-state index contributed by atoms with van der Waals surface area (Å²) in [6.07, 6.45) is 6.53. The van der Waals surface area contributed by atoms with Gasteiger partial charge >= 0.3 is 0 Å². The van der Waals surface area contributed by atoms with Crippen LogP contribution in [0.25, 0.3) is 39.1 Å². The van der Waals surface area contributed by atoms with Crippen molar-refractivity contribution in [1.82, 2.24) is 30.0 Å². The molecule has 50 heavy (non-hydrogen) atoms. The zero-order valence-corrected chi connectivity index (χ0v) is 27.9. The molecule has 0 bridgehead atoms. The summed E-state index contributed by atoms with van der Waals surface area (Å²) in [7, 11) is -3.91. The molecule has 7 rings (SSSR count). The average molecular weight is 698 g/mol. The van der Waals surface area contributed by atoms with Crippen LogP contribution in [0.5, 0.6) is 0 Å². The fraction of sp³-hybridized carbons (Fsp3) is 0.250. The number of anilines is 1. The smallest absolute Gasteiger partial charge is 0.247 e. The first-order valence-corrected chi connectivity index (χ1v) is 17.9. The van der Waals surface area contributed by atoms with Crippen molar-refractivity contribution in [2.45, 2.75) is 17.6 Å². The monoisotopic (exact) mass is 697 g/mol. The summed E-state index contributed by atoms with van der Waals surface area (Å²) < 4.78 is 53.2. The van der Waals surface area contributed by atoms with Crippen LogP contribution in [0.15, 0.2) is 85.2 Å². The van der Waals surface area contributed by atoms with E-state index in [2.05, 4.69) is 25.5 Å². The van der Waals surface area contributed by atoms with Crippen molar-refractivity contribution < 1.29 is 26.8 Å². The summed E-state index contributed by atoms with van der Waals surface area (Å²) in [5.74, 6) is -1.23. The number of sulfone groups is 1. The van der Waals surface area contributed by atoms with Gasteiger partial charge in [-0.25, -0.2) is 27.2 Å². The van der Waals surface area contributed by atoms with Gasteiger partial charge in [-0.1, -0.05) is 18.2 Å². The molecule has 0 unspecified atom stereocenters. The van der Waals surface area contributed by atoms with E-state index in [-0.39, 0.29) is 44.3 Å². The Labute approximate surface area is 287 Å². The van der Waals surface area contributed by atoms with E-state index in [9.17, 15) is 22.4 Å². The van der Waals surface area contributed by atoms with E-state index >= 15 is 4.39 Å². The van der Waals surface area contributed by atoms with E-state index in [1.54, 1.807) is 70.7 Å². The molecular formula is C36H33F2N7O4S. The van der Waals surface area contributed by atoms with Crippen LogP contribution in [0.1, 0.15) is 18.4 Å². The number of amides is 2. The first-order chi connectivity index (χ1) is 24.0. The summed E-state index contributed by atoms with van der Waals surface area (Å²) in [6, 6.07) is 17.5. The maximum atomic E-state index is 15.1. The molecule has 14 heteroatoms.